The molecule has 0 spiro atoms. The molecule has 0 unspecified atom stereocenters. The Bertz CT molecular complexity index is 1250. The van der Waals surface area contributed by atoms with Crippen molar-refractivity contribution in [1.29, 1.82) is 0 Å². The SMILES string of the molecule is COc1cc(-c2ncc(C)cn2)cc2c(N(CC(=O)N3CCOCC3)C(=O)OC(C)(C)C)ncnc12. The summed E-state index contributed by atoms with van der Waals surface area (Å²) < 4.78 is 16.6. The summed E-state index contributed by atoms with van der Waals surface area (Å²) >= 11 is 0. The van der Waals surface area contributed by atoms with Crippen LogP contribution in [0.2, 0.25) is 0 Å². The molecule has 1 saturated heterocycles. The van der Waals surface area contributed by atoms with Gasteiger partial charge in [-0.15, -0.1) is 0 Å². The first-order chi connectivity index (χ1) is 17.2. The molecular weight excluding hydrogens is 464 g/mol. The standard InChI is InChI=1S/C25H30N6O5/c1-16-12-26-22(27-13-16)17-10-18-21(19(11-17)34-5)28-15-29-23(18)31(24(33)36-25(2,3)4)14-20(32)30-6-8-35-9-7-30/h10-13,15H,6-9,14H2,1-5H3. The third-order valence-electron chi connectivity index (χ3n) is 5.47. The first-order valence-electron chi connectivity index (χ1n) is 11.6. The van der Waals surface area contributed by atoms with Gasteiger partial charge in [-0.2, -0.15) is 0 Å². The van der Waals surface area contributed by atoms with E-state index in [1.807, 2.05) is 6.92 Å². The Hall–Kier alpha value is -3.86. The number of nitrogens with zero attached hydrogens (tertiary/aromatic N) is 6. The smallest absolute Gasteiger partial charge is 0.416 e. The Labute approximate surface area is 209 Å². The molecule has 1 fully saturated rings. The minimum atomic E-state index is -0.779. The minimum absolute atomic E-state index is 0.225. The number of ether oxygens (including phenoxy) is 3. The third-order valence-corrected chi connectivity index (χ3v) is 5.47. The van der Waals surface area contributed by atoms with Crippen molar-refractivity contribution in [3.63, 3.8) is 0 Å². The van der Waals surface area contributed by atoms with E-state index < -0.39 is 11.7 Å². The second kappa shape index (κ2) is 10.4. The molecule has 1 aliphatic heterocycles. The fourth-order valence-electron chi connectivity index (χ4n) is 3.75. The van der Waals surface area contributed by atoms with E-state index in [2.05, 4.69) is 19.9 Å². The van der Waals surface area contributed by atoms with Crippen LogP contribution in [0.5, 0.6) is 5.75 Å². The summed E-state index contributed by atoms with van der Waals surface area (Å²) in [4.78, 5) is 47.0. The lowest BCUT2D eigenvalue weighted by molar-refractivity contribution is -0.133. The van der Waals surface area contributed by atoms with E-state index in [4.69, 9.17) is 14.2 Å². The molecule has 1 aromatic carbocycles. The number of benzene rings is 1. The molecule has 0 atom stereocenters. The van der Waals surface area contributed by atoms with E-state index in [1.54, 1.807) is 50.2 Å². The third kappa shape index (κ3) is 5.68. The zero-order chi connectivity index (χ0) is 25.9. The lowest BCUT2D eigenvalue weighted by Gasteiger charge is -2.31. The molecular formula is C25H30N6O5. The van der Waals surface area contributed by atoms with Crippen molar-refractivity contribution in [2.45, 2.75) is 33.3 Å². The average molecular weight is 495 g/mol. The predicted octanol–water partition coefficient (Wildman–Crippen LogP) is 3.00. The summed E-state index contributed by atoms with van der Waals surface area (Å²) in [5.41, 5.74) is 1.27. The van der Waals surface area contributed by atoms with Crippen molar-refractivity contribution in [2.24, 2.45) is 0 Å². The Morgan fingerprint density at radius 1 is 1.08 bits per heavy atom. The highest BCUT2D eigenvalue weighted by molar-refractivity contribution is 6.04. The molecule has 11 nitrogen and oxygen atoms in total. The molecule has 190 valence electrons. The molecule has 3 aromatic rings. The molecule has 0 radical (unpaired) electrons. The molecule has 3 heterocycles. The first kappa shape index (κ1) is 25.2. The fourth-order valence-corrected chi connectivity index (χ4v) is 3.75. The zero-order valence-electron chi connectivity index (χ0n) is 21.1. The number of fused-ring (bicyclic) bond motifs is 1. The van der Waals surface area contributed by atoms with Crippen LogP contribution in [0.1, 0.15) is 26.3 Å². The largest absolute Gasteiger partial charge is 0.494 e. The van der Waals surface area contributed by atoms with Gasteiger partial charge in [0.25, 0.3) is 0 Å². The van der Waals surface area contributed by atoms with Gasteiger partial charge in [0, 0.05) is 36.4 Å². The van der Waals surface area contributed by atoms with Crippen LogP contribution in [0.3, 0.4) is 0 Å². The quantitative estimate of drug-likeness (QED) is 0.527. The maximum Gasteiger partial charge on any atom is 0.416 e. The van der Waals surface area contributed by atoms with Crippen molar-refractivity contribution in [1.82, 2.24) is 24.8 Å². The van der Waals surface area contributed by atoms with Crippen LogP contribution < -0.4 is 9.64 Å². The molecule has 0 bridgehead atoms. The van der Waals surface area contributed by atoms with Gasteiger partial charge >= 0.3 is 6.09 Å². The first-order valence-corrected chi connectivity index (χ1v) is 11.6. The maximum atomic E-state index is 13.4. The van der Waals surface area contributed by atoms with Crippen LogP contribution >= 0.6 is 0 Å². The fraction of sp³-hybridized carbons (Fsp3) is 0.440. The lowest BCUT2D eigenvalue weighted by Crippen LogP contribution is -2.48. The van der Waals surface area contributed by atoms with Gasteiger partial charge in [-0.05, 0) is 45.4 Å². The van der Waals surface area contributed by atoms with Crippen molar-refractivity contribution in [3.05, 3.63) is 36.4 Å². The number of hydrogen-bond acceptors (Lipinski definition) is 9. The van der Waals surface area contributed by atoms with Gasteiger partial charge in [-0.25, -0.2) is 24.7 Å². The molecule has 36 heavy (non-hydrogen) atoms. The van der Waals surface area contributed by atoms with Crippen LogP contribution in [-0.2, 0) is 14.3 Å². The molecule has 2 aromatic heterocycles. The normalized spacial score (nSPS) is 14.0. The molecule has 0 N–H and O–H groups in total. The van der Waals surface area contributed by atoms with Gasteiger partial charge in [0.2, 0.25) is 5.91 Å². The molecule has 2 amide bonds. The summed E-state index contributed by atoms with van der Waals surface area (Å²) in [6.07, 6.45) is 4.07. The number of hydrogen-bond donors (Lipinski definition) is 0. The van der Waals surface area contributed by atoms with Gasteiger partial charge in [-0.3, -0.25) is 9.69 Å². The van der Waals surface area contributed by atoms with E-state index in [0.29, 0.717) is 54.3 Å². The zero-order valence-corrected chi connectivity index (χ0v) is 21.1. The van der Waals surface area contributed by atoms with Crippen LogP contribution in [0.4, 0.5) is 10.6 Å². The van der Waals surface area contributed by atoms with E-state index in [1.165, 1.54) is 18.3 Å². The van der Waals surface area contributed by atoms with Crippen LogP contribution in [0, 0.1) is 6.92 Å². The Kier molecular flexibility index (Phi) is 7.30. The summed E-state index contributed by atoms with van der Waals surface area (Å²) in [5, 5.41) is 0.497. The van der Waals surface area contributed by atoms with E-state index in [0.717, 1.165) is 5.56 Å². The second-order valence-corrected chi connectivity index (χ2v) is 9.42. The van der Waals surface area contributed by atoms with Crippen molar-refractivity contribution < 1.29 is 23.8 Å². The Balaban J connectivity index is 1.82. The minimum Gasteiger partial charge on any atom is -0.494 e. The van der Waals surface area contributed by atoms with Gasteiger partial charge < -0.3 is 19.1 Å². The highest BCUT2D eigenvalue weighted by atomic mass is 16.6. The average Bonchev–Trinajstić information content (AvgIpc) is 2.86. The number of carbonyl (C=O) groups excluding carboxylic acids is 2. The van der Waals surface area contributed by atoms with E-state index in [9.17, 15) is 9.59 Å². The molecule has 4 rings (SSSR count). The number of carbonyl (C=O) groups is 2. The summed E-state index contributed by atoms with van der Waals surface area (Å²) in [6, 6.07) is 3.56. The highest BCUT2D eigenvalue weighted by Gasteiger charge is 2.30. The lowest BCUT2D eigenvalue weighted by atomic mass is 10.1. The topological polar surface area (TPSA) is 120 Å². The van der Waals surface area contributed by atoms with Crippen molar-refractivity contribution >= 4 is 28.7 Å². The number of aryl methyl sites for hydroxylation is 1. The maximum absolute atomic E-state index is 13.4. The Morgan fingerprint density at radius 2 is 1.78 bits per heavy atom. The highest BCUT2D eigenvalue weighted by Crippen LogP contribution is 2.34. The second-order valence-electron chi connectivity index (χ2n) is 9.42. The number of morpholine rings is 1. The number of anilines is 1. The number of aromatic nitrogens is 4. The van der Waals surface area contributed by atoms with Crippen molar-refractivity contribution in [2.75, 3.05) is 44.9 Å². The Morgan fingerprint density at radius 3 is 2.42 bits per heavy atom. The molecule has 11 heteroatoms. The monoisotopic (exact) mass is 494 g/mol. The van der Waals surface area contributed by atoms with Crippen molar-refractivity contribution in [3.8, 4) is 17.1 Å². The van der Waals surface area contributed by atoms with Crippen LogP contribution in [0.15, 0.2) is 30.9 Å². The molecule has 0 saturated carbocycles. The summed E-state index contributed by atoms with van der Waals surface area (Å²) in [6.45, 7) is 8.75. The number of rotatable bonds is 5. The van der Waals surface area contributed by atoms with Crippen LogP contribution in [-0.4, -0.2) is 82.4 Å². The predicted molar refractivity (Wildman–Crippen MR) is 133 cm³/mol. The van der Waals surface area contributed by atoms with Gasteiger partial charge in [0.05, 0.1) is 20.3 Å². The van der Waals surface area contributed by atoms with Gasteiger partial charge in [0.15, 0.2) is 5.82 Å². The van der Waals surface area contributed by atoms with Gasteiger partial charge in [0.1, 0.15) is 35.6 Å². The van der Waals surface area contributed by atoms with E-state index >= 15 is 0 Å². The van der Waals surface area contributed by atoms with Gasteiger partial charge in [-0.1, -0.05) is 0 Å². The molecule has 0 aliphatic carbocycles. The summed E-state index contributed by atoms with van der Waals surface area (Å²) in [7, 11) is 1.53. The number of amides is 2. The molecule has 1 aliphatic rings. The van der Waals surface area contributed by atoms with E-state index in [-0.39, 0.29) is 18.3 Å². The van der Waals surface area contributed by atoms with Crippen LogP contribution in [0.25, 0.3) is 22.3 Å². The number of methoxy groups -OCH3 is 1. The summed E-state index contributed by atoms with van der Waals surface area (Å²) in [5.74, 6) is 0.923.